The zero-order valence-electron chi connectivity index (χ0n) is 10.3. The molecule has 0 fully saturated rings. The molecule has 0 radical (unpaired) electrons. The molecule has 0 saturated carbocycles. The maximum absolute atomic E-state index is 11.4. The van der Waals surface area contributed by atoms with Gasteiger partial charge in [0.25, 0.3) is 5.91 Å². The average molecular weight is 248 g/mol. The maximum atomic E-state index is 11.4. The van der Waals surface area contributed by atoms with Crippen molar-refractivity contribution in [3.05, 3.63) is 29.8 Å². The van der Waals surface area contributed by atoms with Gasteiger partial charge in [-0.1, -0.05) is 6.07 Å². The van der Waals surface area contributed by atoms with Crippen molar-refractivity contribution in [2.75, 3.05) is 26.9 Å². The molecule has 0 heterocycles. The van der Waals surface area contributed by atoms with Gasteiger partial charge in [0, 0.05) is 20.3 Å². The molecule has 0 unspecified atom stereocenters. The third kappa shape index (κ3) is 5.32. The number of hydrogen-bond donors (Lipinski definition) is 1. The first-order valence-electron chi connectivity index (χ1n) is 5.65. The minimum Gasteiger partial charge on any atom is -0.484 e. The molecule has 1 aromatic rings. The van der Waals surface area contributed by atoms with Crippen molar-refractivity contribution in [2.45, 2.75) is 6.42 Å². The second-order valence-corrected chi connectivity index (χ2v) is 3.62. The standard InChI is InChI=1S/C13H16N2O3/c1-17-7-3-6-15-13(16)10-18-12-5-2-4-11(8-12)9-14/h2,4-5,8H,3,6-7,10H2,1H3,(H,15,16). The summed E-state index contributed by atoms with van der Waals surface area (Å²) in [6.07, 6.45) is 0.770. The maximum Gasteiger partial charge on any atom is 0.257 e. The molecule has 1 rings (SSSR count). The summed E-state index contributed by atoms with van der Waals surface area (Å²) < 4.78 is 10.1. The first-order chi connectivity index (χ1) is 8.76. The molecule has 1 N–H and O–H groups in total. The summed E-state index contributed by atoms with van der Waals surface area (Å²) in [6, 6.07) is 8.70. The van der Waals surface area contributed by atoms with Crippen LogP contribution in [0.25, 0.3) is 0 Å². The summed E-state index contributed by atoms with van der Waals surface area (Å²) in [5.74, 6) is 0.328. The highest BCUT2D eigenvalue weighted by Crippen LogP contribution is 2.11. The summed E-state index contributed by atoms with van der Waals surface area (Å²) in [6.45, 7) is 1.13. The molecule has 0 aliphatic heterocycles. The smallest absolute Gasteiger partial charge is 0.257 e. The van der Waals surface area contributed by atoms with Gasteiger partial charge in [-0.05, 0) is 24.6 Å². The molecule has 0 saturated heterocycles. The number of rotatable bonds is 7. The van der Waals surface area contributed by atoms with Crippen LogP contribution in [0.2, 0.25) is 0 Å². The molecule has 0 bridgehead atoms. The summed E-state index contributed by atoms with van der Waals surface area (Å²) >= 11 is 0. The molecule has 1 aromatic carbocycles. The van der Waals surface area contributed by atoms with E-state index in [0.717, 1.165) is 6.42 Å². The highest BCUT2D eigenvalue weighted by atomic mass is 16.5. The van der Waals surface area contributed by atoms with Crippen molar-refractivity contribution in [3.63, 3.8) is 0 Å². The highest BCUT2D eigenvalue weighted by Gasteiger charge is 2.02. The van der Waals surface area contributed by atoms with E-state index in [1.54, 1.807) is 31.4 Å². The van der Waals surface area contributed by atoms with Crippen LogP contribution >= 0.6 is 0 Å². The lowest BCUT2D eigenvalue weighted by molar-refractivity contribution is -0.123. The summed E-state index contributed by atoms with van der Waals surface area (Å²) in [5.41, 5.74) is 0.507. The Balaban J connectivity index is 2.27. The number of ether oxygens (including phenoxy) is 2. The van der Waals surface area contributed by atoms with Crippen LogP contribution in [0.3, 0.4) is 0 Å². The summed E-state index contributed by atoms with van der Waals surface area (Å²) in [5, 5.41) is 11.4. The lowest BCUT2D eigenvalue weighted by Gasteiger charge is -2.07. The van der Waals surface area contributed by atoms with Crippen LogP contribution in [0.1, 0.15) is 12.0 Å². The van der Waals surface area contributed by atoms with Crippen LogP contribution in [0, 0.1) is 11.3 Å². The predicted octanol–water partition coefficient (Wildman–Crippen LogP) is 1.09. The SMILES string of the molecule is COCCCNC(=O)COc1cccc(C#N)c1. The van der Waals surface area contributed by atoms with Gasteiger partial charge >= 0.3 is 0 Å². The number of methoxy groups -OCH3 is 1. The van der Waals surface area contributed by atoms with Gasteiger partial charge in [-0.25, -0.2) is 0 Å². The predicted molar refractivity (Wildman–Crippen MR) is 66.2 cm³/mol. The first-order valence-corrected chi connectivity index (χ1v) is 5.65. The van der Waals surface area contributed by atoms with Crippen LogP contribution in [0.15, 0.2) is 24.3 Å². The quantitative estimate of drug-likeness (QED) is 0.733. The van der Waals surface area contributed by atoms with Gasteiger partial charge in [0.05, 0.1) is 11.6 Å². The Labute approximate surface area is 106 Å². The Hall–Kier alpha value is -2.06. The largest absolute Gasteiger partial charge is 0.484 e. The second-order valence-electron chi connectivity index (χ2n) is 3.62. The van der Waals surface area contributed by atoms with E-state index < -0.39 is 0 Å². The van der Waals surface area contributed by atoms with Crippen LogP contribution in [0.5, 0.6) is 5.75 Å². The Bertz CT molecular complexity index is 426. The fraction of sp³-hybridized carbons (Fsp3) is 0.385. The molecular formula is C13H16N2O3. The minimum atomic E-state index is -0.187. The second kappa shape index (κ2) is 8.09. The van der Waals surface area contributed by atoms with Crippen molar-refractivity contribution >= 4 is 5.91 Å². The normalized spacial score (nSPS) is 9.56. The lowest BCUT2D eigenvalue weighted by atomic mass is 10.2. The van der Waals surface area contributed by atoms with Crippen LogP contribution in [-0.2, 0) is 9.53 Å². The molecule has 0 aliphatic carbocycles. The average Bonchev–Trinajstić information content (AvgIpc) is 2.41. The Morgan fingerprint density at radius 3 is 3.06 bits per heavy atom. The molecule has 5 nitrogen and oxygen atoms in total. The molecular weight excluding hydrogens is 232 g/mol. The minimum absolute atomic E-state index is 0.0537. The van der Waals surface area contributed by atoms with Gasteiger partial charge in [0.2, 0.25) is 0 Å². The van der Waals surface area contributed by atoms with E-state index in [1.165, 1.54) is 0 Å². The van der Waals surface area contributed by atoms with Crippen molar-refractivity contribution < 1.29 is 14.3 Å². The van der Waals surface area contributed by atoms with Gasteiger partial charge in [0.15, 0.2) is 6.61 Å². The molecule has 0 atom stereocenters. The topological polar surface area (TPSA) is 71.3 Å². The van der Waals surface area contributed by atoms with E-state index in [0.29, 0.717) is 24.5 Å². The Kier molecular flexibility index (Phi) is 6.30. The van der Waals surface area contributed by atoms with Crippen molar-refractivity contribution in [3.8, 4) is 11.8 Å². The van der Waals surface area contributed by atoms with E-state index in [1.807, 2.05) is 6.07 Å². The number of nitrogens with one attached hydrogen (secondary N) is 1. The van der Waals surface area contributed by atoms with E-state index in [2.05, 4.69) is 5.32 Å². The van der Waals surface area contributed by atoms with Crippen LogP contribution in [0.4, 0.5) is 0 Å². The number of hydrogen-bond acceptors (Lipinski definition) is 4. The van der Waals surface area contributed by atoms with Crippen LogP contribution < -0.4 is 10.1 Å². The van der Waals surface area contributed by atoms with Gasteiger partial charge in [0.1, 0.15) is 5.75 Å². The monoisotopic (exact) mass is 248 g/mol. The first kappa shape index (κ1) is 14.0. The van der Waals surface area contributed by atoms with Gasteiger partial charge < -0.3 is 14.8 Å². The third-order valence-electron chi connectivity index (χ3n) is 2.18. The van der Waals surface area contributed by atoms with E-state index >= 15 is 0 Å². The third-order valence-corrected chi connectivity index (χ3v) is 2.18. The molecule has 0 aromatic heterocycles. The van der Waals surface area contributed by atoms with Gasteiger partial charge in [-0.2, -0.15) is 5.26 Å². The number of nitriles is 1. The lowest BCUT2D eigenvalue weighted by Crippen LogP contribution is -2.30. The molecule has 0 spiro atoms. The van der Waals surface area contributed by atoms with Crippen molar-refractivity contribution in [2.24, 2.45) is 0 Å². The van der Waals surface area contributed by atoms with Crippen LogP contribution in [-0.4, -0.2) is 32.8 Å². The summed E-state index contributed by atoms with van der Waals surface area (Å²) in [4.78, 5) is 11.4. The number of carbonyl (C=O) groups excluding carboxylic acids is 1. The van der Waals surface area contributed by atoms with E-state index in [-0.39, 0.29) is 12.5 Å². The molecule has 1 amide bonds. The van der Waals surface area contributed by atoms with Crippen molar-refractivity contribution in [1.82, 2.24) is 5.32 Å². The molecule has 0 aliphatic rings. The van der Waals surface area contributed by atoms with Crippen molar-refractivity contribution in [1.29, 1.82) is 5.26 Å². The highest BCUT2D eigenvalue weighted by molar-refractivity contribution is 5.77. The summed E-state index contributed by atoms with van der Waals surface area (Å²) in [7, 11) is 1.62. The Morgan fingerprint density at radius 2 is 2.33 bits per heavy atom. The number of carbonyl (C=O) groups is 1. The molecule has 96 valence electrons. The zero-order chi connectivity index (χ0) is 13.2. The van der Waals surface area contributed by atoms with Gasteiger partial charge in [-0.3, -0.25) is 4.79 Å². The van der Waals surface area contributed by atoms with E-state index in [4.69, 9.17) is 14.7 Å². The number of benzene rings is 1. The van der Waals surface area contributed by atoms with E-state index in [9.17, 15) is 4.79 Å². The fourth-order valence-electron chi connectivity index (χ4n) is 1.30. The Morgan fingerprint density at radius 1 is 1.50 bits per heavy atom. The number of amides is 1. The van der Waals surface area contributed by atoms with Gasteiger partial charge in [-0.15, -0.1) is 0 Å². The zero-order valence-corrected chi connectivity index (χ0v) is 10.3. The fourth-order valence-corrected chi connectivity index (χ4v) is 1.30. The molecule has 18 heavy (non-hydrogen) atoms. The molecule has 5 heteroatoms. The number of nitrogens with zero attached hydrogens (tertiary/aromatic N) is 1.